The van der Waals surface area contributed by atoms with E-state index in [1.54, 1.807) is 6.92 Å². The molecule has 2 aliphatic rings. The van der Waals surface area contributed by atoms with E-state index < -0.39 is 0 Å². The molecule has 3 rings (SSSR count). The maximum atomic E-state index is 11.1. The molecule has 0 aromatic heterocycles. The predicted octanol–water partition coefficient (Wildman–Crippen LogP) is 5.25. The normalized spacial score (nSPS) is 23.6. The maximum Gasteiger partial charge on any atom is 0.217 e. The molecule has 0 aliphatic heterocycles. The highest BCUT2D eigenvalue weighted by molar-refractivity contribution is 5.73. The van der Waals surface area contributed by atoms with E-state index in [1.807, 2.05) is 0 Å². The molecule has 0 unspecified atom stereocenters. The predicted molar refractivity (Wildman–Crippen MR) is 112 cm³/mol. The van der Waals surface area contributed by atoms with Crippen LogP contribution in [0.25, 0.3) is 0 Å². The van der Waals surface area contributed by atoms with Crippen LogP contribution >= 0.6 is 0 Å². The van der Waals surface area contributed by atoms with Crippen molar-refractivity contribution in [1.29, 1.82) is 0 Å². The Balaban J connectivity index is 1.32. The summed E-state index contributed by atoms with van der Waals surface area (Å²) in [6.07, 6.45) is 11.4. The first-order valence-electron chi connectivity index (χ1n) is 11.2. The molecule has 2 aliphatic carbocycles. The van der Waals surface area contributed by atoms with Gasteiger partial charge in [-0.25, -0.2) is 0 Å². The summed E-state index contributed by atoms with van der Waals surface area (Å²) in [4.78, 5) is 11.1. The molecule has 1 N–H and O–H groups in total. The molecule has 1 aromatic carbocycles. The van der Waals surface area contributed by atoms with Gasteiger partial charge in [0.2, 0.25) is 5.91 Å². The largest absolute Gasteiger partial charge is 0.493 e. The number of hydrogen-bond donors (Lipinski definition) is 1. The van der Waals surface area contributed by atoms with E-state index in [-0.39, 0.29) is 11.9 Å². The molecule has 0 saturated heterocycles. The number of amides is 1. The number of carbonyl (C=O) groups excluding carboxylic acids is 1. The fourth-order valence-corrected chi connectivity index (χ4v) is 4.30. The molecular weight excluding hydrogens is 350 g/mol. The third kappa shape index (κ3) is 7.12. The zero-order valence-electron chi connectivity index (χ0n) is 17.6. The number of carbonyl (C=O) groups is 1. The summed E-state index contributed by atoms with van der Waals surface area (Å²) in [7, 11) is 0. The van der Waals surface area contributed by atoms with Gasteiger partial charge >= 0.3 is 0 Å². The summed E-state index contributed by atoms with van der Waals surface area (Å²) in [6, 6.07) is 8.67. The van der Waals surface area contributed by atoms with Gasteiger partial charge in [0.25, 0.3) is 0 Å². The van der Waals surface area contributed by atoms with Crippen LogP contribution in [0.1, 0.15) is 77.2 Å². The Hall–Kier alpha value is -1.55. The van der Waals surface area contributed by atoms with Gasteiger partial charge in [-0.3, -0.25) is 4.79 Å². The lowest BCUT2D eigenvalue weighted by Gasteiger charge is -2.29. The van der Waals surface area contributed by atoms with E-state index in [1.165, 1.54) is 44.1 Å². The Labute approximate surface area is 170 Å². The van der Waals surface area contributed by atoms with Gasteiger partial charge < -0.3 is 14.8 Å². The van der Waals surface area contributed by atoms with Crippen molar-refractivity contribution in [2.24, 2.45) is 11.8 Å². The molecule has 2 saturated carbocycles. The summed E-state index contributed by atoms with van der Waals surface area (Å²) in [6.45, 7) is 5.22. The second-order valence-corrected chi connectivity index (χ2v) is 8.89. The molecule has 0 bridgehead atoms. The molecule has 156 valence electrons. The highest BCUT2D eigenvalue weighted by Gasteiger charge is 2.22. The van der Waals surface area contributed by atoms with Crippen molar-refractivity contribution in [1.82, 2.24) is 5.32 Å². The van der Waals surface area contributed by atoms with Gasteiger partial charge in [-0.2, -0.15) is 0 Å². The maximum absolute atomic E-state index is 11.1. The minimum absolute atomic E-state index is 0.0714. The highest BCUT2D eigenvalue weighted by Crippen LogP contribution is 2.31. The van der Waals surface area contributed by atoms with Crippen LogP contribution in [-0.4, -0.2) is 24.7 Å². The molecule has 0 spiro atoms. The quantitative estimate of drug-likeness (QED) is 0.597. The lowest BCUT2D eigenvalue weighted by Crippen LogP contribution is -2.31. The third-order valence-corrected chi connectivity index (χ3v) is 6.35. The van der Waals surface area contributed by atoms with Crippen molar-refractivity contribution in [3.63, 3.8) is 0 Å². The van der Waals surface area contributed by atoms with Crippen molar-refractivity contribution in [2.45, 2.75) is 90.4 Å². The number of benzene rings is 1. The average molecular weight is 388 g/mol. The number of nitrogens with one attached hydrogen (secondary N) is 1. The second kappa shape index (κ2) is 10.8. The van der Waals surface area contributed by atoms with E-state index in [0.717, 1.165) is 43.5 Å². The van der Waals surface area contributed by atoms with Crippen molar-refractivity contribution < 1.29 is 14.3 Å². The van der Waals surface area contributed by atoms with Gasteiger partial charge in [0.1, 0.15) is 5.75 Å². The van der Waals surface area contributed by atoms with E-state index in [0.29, 0.717) is 12.7 Å². The average Bonchev–Trinajstić information content (AvgIpc) is 2.64. The number of hydrogen-bond acceptors (Lipinski definition) is 3. The van der Waals surface area contributed by atoms with Crippen LogP contribution in [0.4, 0.5) is 0 Å². The van der Waals surface area contributed by atoms with Crippen LogP contribution < -0.4 is 10.1 Å². The number of ether oxygens (including phenoxy) is 2. The molecule has 28 heavy (non-hydrogen) atoms. The van der Waals surface area contributed by atoms with Gasteiger partial charge in [-0.05, 0) is 87.8 Å². The van der Waals surface area contributed by atoms with Crippen molar-refractivity contribution in [3.05, 3.63) is 29.8 Å². The van der Waals surface area contributed by atoms with E-state index in [9.17, 15) is 4.79 Å². The van der Waals surface area contributed by atoms with E-state index >= 15 is 0 Å². The summed E-state index contributed by atoms with van der Waals surface area (Å²) in [5.41, 5.74) is 1.21. The molecule has 4 heteroatoms. The number of rotatable bonds is 10. The zero-order valence-corrected chi connectivity index (χ0v) is 17.6. The van der Waals surface area contributed by atoms with Crippen LogP contribution in [0.5, 0.6) is 5.75 Å². The van der Waals surface area contributed by atoms with Gasteiger partial charge in [0, 0.05) is 13.0 Å². The third-order valence-electron chi connectivity index (χ3n) is 6.35. The van der Waals surface area contributed by atoms with E-state index in [2.05, 4.69) is 36.5 Å². The van der Waals surface area contributed by atoms with Gasteiger partial charge in [0.05, 0.1) is 19.3 Å². The van der Waals surface area contributed by atoms with Crippen LogP contribution in [0.15, 0.2) is 24.3 Å². The molecule has 0 radical (unpaired) electrons. The zero-order chi connectivity index (χ0) is 19.8. The first-order chi connectivity index (χ1) is 13.6. The summed E-state index contributed by atoms with van der Waals surface area (Å²) in [5.74, 6) is 2.59. The van der Waals surface area contributed by atoms with Gasteiger partial charge in [-0.1, -0.05) is 18.6 Å². The Morgan fingerprint density at radius 3 is 2.61 bits per heavy atom. The molecule has 0 heterocycles. The fraction of sp³-hybridized carbons (Fsp3) is 0.708. The summed E-state index contributed by atoms with van der Waals surface area (Å²) < 4.78 is 12.1. The van der Waals surface area contributed by atoms with Crippen molar-refractivity contribution in [3.8, 4) is 5.75 Å². The molecule has 1 aromatic rings. The Morgan fingerprint density at radius 1 is 1.14 bits per heavy atom. The van der Waals surface area contributed by atoms with Crippen molar-refractivity contribution in [2.75, 3.05) is 6.61 Å². The SMILES string of the molecule is CC(=O)N[C@@H](C)CC[C@H]1CC[C@H](OCc2cccc(OCC3CCC3)c2)CC1. The van der Waals surface area contributed by atoms with Crippen LogP contribution in [0, 0.1) is 11.8 Å². The Bertz CT molecular complexity index is 606. The highest BCUT2D eigenvalue weighted by atomic mass is 16.5. The van der Waals surface area contributed by atoms with Gasteiger partial charge in [-0.15, -0.1) is 0 Å². The molecule has 1 atom stereocenters. The smallest absolute Gasteiger partial charge is 0.217 e. The lowest BCUT2D eigenvalue weighted by atomic mass is 9.84. The van der Waals surface area contributed by atoms with Crippen LogP contribution in [0.2, 0.25) is 0 Å². The molecule has 4 nitrogen and oxygen atoms in total. The molecule has 1 amide bonds. The first-order valence-corrected chi connectivity index (χ1v) is 11.2. The van der Waals surface area contributed by atoms with Crippen molar-refractivity contribution >= 4 is 5.91 Å². The fourth-order valence-electron chi connectivity index (χ4n) is 4.30. The molecule has 2 fully saturated rings. The summed E-state index contributed by atoms with van der Waals surface area (Å²) in [5, 5.41) is 2.98. The topological polar surface area (TPSA) is 47.6 Å². The van der Waals surface area contributed by atoms with Crippen LogP contribution in [-0.2, 0) is 16.1 Å². The monoisotopic (exact) mass is 387 g/mol. The standard InChI is InChI=1S/C24H37NO3/c1-18(25-19(2)26)9-10-20-11-13-23(14-12-20)27-17-22-7-4-8-24(15-22)28-16-21-5-3-6-21/h4,7-8,15,18,20-21,23H,3,5-6,9-14,16-17H2,1-2H3,(H,25,26)/t18-,20-,23-/m0/s1. The summed E-state index contributed by atoms with van der Waals surface area (Å²) >= 11 is 0. The van der Waals surface area contributed by atoms with Gasteiger partial charge in [0.15, 0.2) is 0 Å². The lowest BCUT2D eigenvalue weighted by molar-refractivity contribution is -0.119. The van der Waals surface area contributed by atoms with E-state index in [4.69, 9.17) is 9.47 Å². The Morgan fingerprint density at radius 2 is 1.93 bits per heavy atom. The Kier molecular flexibility index (Phi) is 8.20. The van der Waals surface area contributed by atoms with Crippen LogP contribution in [0.3, 0.4) is 0 Å². The second-order valence-electron chi connectivity index (χ2n) is 8.89. The minimum atomic E-state index is 0.0714. The molecular formula is C24H37NO3. The minimum Gasteiger partial charge on any atom is -0.493 e. The first kappa shape index (κ1) is 21.2.